The van der Waals surface area contributed by atoms with Crippen LogP contribution < -0.4 is 5.32 Å². The maximum atomic E-state index is 4.51. The van der Waals surface area contributed by atoms with Crippen LogP contribution in [0.25, 0.3) is 0 Å². The lowest BCUT2D eigenvalue weighted by atomic mass is 10.0. The van der Waals surface area contributed by atoms with Crippen LogP contribution in [-0.4, -0.2) is 16.5 Å². The monoisotopic (exact) mass is 255 g/mol. The molecule has 2 aromatic heterocycles. The van der Waals surface area contributed by atoms with Crippen molar-refractivity contribution in [1.29, 1.82) is 0 Å². The number of hydrogen-bond acceptors (Lipinski definition) is 3. The van der Waals surface area contributed by atoms with E-state index in [1.54, 1.807) is 0 Å². The van der Waals surface area contributed by atoms with E-state index >= 15 is 0 Å². The Kier molecular flexibility index (Phi) is 5.04. The molecule has 0 aliphatic carbocycles. The van der Waals surface area contributed by atoms with Crippen molar-refractivity contribution in [2.75, 3.05) is 6.54 Å². The van der Waals surface area contributed by atoms with Crippen molar-refractivity contribution in [2.24, 2.45) is 0 Å². The first-order valence-electron chi connectivity index (χ1n) is 6.84. The summed E-state index contributed by atoms with van der Waals surface area (Å²) in [4.78, 5) is 8.58. The van der Waals surface area contributed by atoms with Gasteiger partial charge in [-0.3, -0.25) is 9.97 Å². The molecule has 19 heavy (non-hydrogen) atoms. The van der Waals surface area contributed by atoms with Gasteiger partial charge in [0.2, 0.25) is 0 Å². The molecule has 0 aliphatic rings. The summed E-state index contributed by atoms with van der Waals surface area (Å²) in [5.74, 6) is 0. The molecule has 2 rings (SSSR count). The molecule has 100 valence electrons. The average molecular weight is 255 g/mol. The van der Waals surface area contributed by atoms with Gasteiger partial charge in [-0.15, -0.1) is 0 Å². The smallest absolute Gasteiger partial charge is 0.0579 e. The minimum absolute atomic E-state index is 0.266. The predicted octanol–water partition coefficient (Wildman–Crippen LogP) is 3.07. The van der Waals surface area contributed by atoms with Gasteiger partial charge in [0.25, 0.3) is 0 Å². The zero-order chi connectivity index (χ0) is 13.5. The van der Waals surface area contributed by atoms with Crippen LogP contribution in [0.2, 0.25) is 0 Å². The first kappa shape index (κ1) is 13.7. The summed E-state index contributed by atoms with van der Waals surface area (Å²) >= 11 is 0. The molecule has 1 unspecified atom stereocenters. The molecule has 3 heteroatoms. The summed E-state index contributed by atoms with van der Waals surface area (Å²) in [6.07, 6.45) is 7.64. The first-order valence-corrected chi connectivity index (χ1v) is 6.84. The Bertz CT molecular complexity index is 496. The Balaban J connectivity index is 2.16. The molecule has 0 amide bonds. The first-order chi connectivity index (χ1) is 9.29. The molecular formula is C16H21N3. The van der Waals surface area contributed by atoms with E-state index in [-0.39, 0.29) is 6.04 Å². The van der Waals surface area contributed by atoms with Gasteiger partial charge < -0.3 is 5.32 Å². The minimum Gasteiger partial charge on any atom is -0.308 e. The lowest BCUT2D eigenvalue weighted by Gasteiger charge is -2.18. The molecule has 3 nitrogen and oxygen atoms in total. The van der Waals surface area contributed by atoms with Crippen molar-refractivity contribution in [3.05, 3.63) is 59.7 Å². The van der Waals surface area contributed by atoms with E-state index in [4.69, 9.17) is 0 Å². The summed E-state index contributed by atoms with van der Waals surface area (Å²) in [7, 11) is 0. The summed E-state index contributed by atoms with van der Waals surface area (Å²) < 4.78 is 0. The molecule has 1 N–H and O–H groups in total. The fraction of sp³-hybridized carbons (Fsp3) is 0.375. The molecule has 0 radical (unpaired) electrons. The van der Waals surface area contributed by atoms with Gasteiger partial charge >= 0.3 is 0 Å². The number of hydrogen-bond donors (Lipinski definition) is 1. The highest BCUT2D eigenvalue weighted by atomic mass is 14.9. The van der Waals surface area contributed by atoms with Crippen LogP contribution in [0.15, 0.2) is 42.9 Å². The SMILES string of the molecule is CCCNC(Cc1ccncc1)c1cc(C)ccn1. The van der Waals surface area contributed by atoms with Crippen LogP contribution >= 0.6 is 0 Å². The standard InChI is InChI=1S/C16H21N3/c1-3-7-18-16(12-14-5-8-17-9-6-14)15-11-13(2)4-10-19-15/h4-6,8-11,16,18H,3,7,12H2,1-2H3. The Labute approximate surface area is 115 Å². The maximum absolute atomic E-state index is 4.51. The molecule has 0 aromatic carbocycles. The van der Waals surface area contributed by atoms with Crippen LogP contribution in [0.4, 0.5) is 0 Å². The number of nitrogens with one attached hydrogen (secondary N) is 1. The van der Waals surface area contributed by atoms with E-state index in [0.717, 1.165) is 25.1 Å². The lowest BCUT2D eigenvalue weighted by molar-refractivity contribution is 0.517. The molecule has 0 fully saturated rings. The normalized spacial score (nSPS) is 12.3. The molecule has 0 bridgehead atoms. The molecule has 2 heterocycles. The second-order valence-corrected chi connectivity index (χ2v) is 4.82. The van der Waals surface area contributed by atoms with Crippen molar-refractivity contribution in [1.82, 2.24) is 15.3 Å². The summed E-state index contributed by atoms with van der Waals surface area (Å²) in [5.41, 5.74) is 3.65. The number of nitrogens with zero attached hydrogens (tertiary/aromatic N) is 2. The summed E-state index contributed by atoms with van der Waals surface area (Å²) in [5, 5.41) is 3.58. The van der Waals surface area contributed by atoms with Crippen LogP contribution in [0.1, 0.15) is 36.2 Å². The minimum atomic E-state index is 0.266. The Morgan fingerprint density at radius 3 is 2.63 bits per heavy atom. The largest absolute Gasteiger partial charge is 0.308 e. The van der Waals surface area contributed by atoms with E-state index in [1.165, 1.54) is 11.1 Å². The molecule has 0 saturated heterocycles. The van der Waals surface area contributed by atoms with Gasteiger partial charge in [-0.1, -0.05) is 6.92 Å². The topological polar surface area (TPSA) is 37.8 Å². The predicted molar refractivity (Wildman–Crippen MR) is 77.9 cm³/mol. The highest BCUT2D eigenvalue weighted by molar-refractivity contribution is 5.20. The third kappa shape index (κ3) is 4.14. The van der Waals surface area contributed by atoms with Crippen LogP contribution in [0.5, 0.6) is 0 Å². The molecular weight excluding hydrogens is 234 g/mol. The third-order valence-electron chi connectivity index (χ3n) is 3.12. The Morgan fingerprint density at radius 1 is 1.16 bits per heavy atom. The van der Waals surface area contributed by atoms with Crippen LogP contribution in [0, 0.1) is 6.92 Å². The maximum Gasteiger partial charge on any atom is 0.0579 e. The van der Waals surface area contributed by atoms with Gasteiger partial charge in [0.15, 0.2) is 0 Å². The molecule has 0 aliphatic heterocycles. The summed E-state index contributed by atoms with van der Waals surface area (Å²) in [6.45, 7) is 5.29. The number of aromatic nitrogens is 2. The second kappa shape index (κ2) is 7.00. The van der Waals surface area contributed by atoms with Crippen molar-refractivity contribution in [2.45, 2.75) is 32.7 Å². The molecule has 0 spiro atoms. The Morgan fingerprint density at radius 2 is 1.95 bits per heavy atom. The highest BCUT2D eigenvalue weighted by Gasteiger charge is 2.12. The van der Waals surface area contributed by atoms with Gasteiger partial charge in [-0.2, -0.15) is 0 Å². The number of pyridine rings is 2. The third-order valence-corrected chi connectivity index (χ3v) is 3.12. The van der Waals surface area contributed by atoms with Crippen molar-refractivity contribution < 1.29 is 0 Å². The van der Waals surface area contributed by atoms with Crippen molar-refractivity contribution in [3.63, 3.8) is 0 Å². The molecule has 0 saturated carbocycles. The second-order valence-electron chi connectivity index (χ2n) is 4.82. The van der Waals surface area contributed by atoms with Crippen molar-refractivity contribution in [3.8, 4) is 0 Å². The van der Waals surface area contributed by atoms with Gasteiger partial charge in [-0.05, 0) is 61.7 Å². The van der Waals surface area contributed by atoms with Gasteiger partial charge in [-0.25, -0.2) is 0 Å². The van der Waals surface area contributed by atoms with Gasteiger partial charge in [0.1, 0.15) is 0 Å². The van der Waals surface area contributed by atoms with Crippen molar-refractivity contribution >= 4 is 0 Å². The molecule has 1 atom stereocenters. The van der Waals surface area contributed by atoms with E-state index < -0.39 is 0 Å². The van der Waals surface area contributed by atoms with Gasteiger partial charge in [0, 0.05) is 18.6 Å². The van der Waals surface area contributed by atoms with E-state index in [9.17, 15) is 0 Å². The van der Waals surface area contributed by atoms with E-state index in [2.05, 4.69) is 47.3 Å². The molecule has 2 aromatic rings. The average Bonchev–Trinajstić information content (AvgIpc) is 2.44. The zero-order valence-electron chi connectivity index (χ0n) is 11.6. The quantitative estimate of drug-likeness (QED) is 0.862. The number of aryl methyl sites for hydroxylation is 1. The fourth-order valence-electron chi connectivity index (χ4n) is 2.10. The summed E-state index contributed by atoms with van der Waals surface area (Å²) in [6, 6.07) is 8.59. The van der Waals surface area contributed by atoms with Crippen LogP contribution in [0.3, 0.4) is 0 Å². The highest BCUT2D eigenvalue weighted by Crippen LogP contribution is 2.17. The Hall–Kier alpha value is -1.74. The lowest BCUT2D eigenvalue weighted by Crippen LogP contribution is -2.25. The van der Waals surface area contributed by atoms with E-state index in [0.29, 0.717) is 0 Å². The fourth-order valence-corrected chi connectivity index (χ4v) is 2.10. The van der Waals surface area contributed by atoms with Gasteiger partial charge in [0.05, 0.1) is 11.7 Å². The number of rotatable bonds is 6. The van der Waals surface area contributed by atoms with E-state index in [1.807, 2.05) is 24.7 Å². The zero-order valence-corrected chi connectivity index (χ0v) is 11.6. The van der Waals surface area contributed by atoms with Crippen LogP contribution in [-0.2, 0) is 6.42 Å².